The third kappa shape index (κ3) is 5.65. The molecule has 0 fully saturated rings. The first-order chi connectivity index (χ1) is 16.5. The molecule has 1 aliphatic heterocycles. The highest BCUT2D eigenvalue weighted by atomic mass is 19.1. The zero-order chi connectivity index (χ0) is 25.3. The summed E-state index contributed by atoms with van der Waals surface area (Å²) in [6.45, 7) is 9.20. The molecular weight excluding hydrogens is 443 g/mol. The zero-order valence-electron chi connectivity index (χ0n) is 20.8. The molecule has 0 aliphatic carbocycles. The summed E-state index contributed by atoms with van der Waals surface area (Å²) in [5.74, 6) is -0.123. The molecular formula is C29H31FN2O3. The molecule has 2 aromatic carbocycles. The van der Waals surface area contributed by atoms with Crippen LogP contribution in [0.1, 0.15) is 79.5 Å². The summed E-state index contributed by atoms with van der Waals surface area (Å²) < 4.78 is 14.8. The molecule has 0 radical (unpaired) electrons. The van der Waals surface area contributed by atoms with Crippen LogP contribution in [-0.4, -0.2) is 21.6 Å². The molecule has 2 heterocycles. The van der Waals surface area contributed by atoms with Crippen molar-refractivity contribution in [3.05, 3.63) is 88.5 Å². The number of carbonyl (C=O) groups is 1. The molecule has 0 spiro atoms. The maximum Gasteiger partial charge on any atom is 0.174 e. The standard InChI is InChI=1S/C29H31FN2O3/c1-17(2)11-26(33)21-14-19(22-10-9-18(3)12-23(22)30)13-20(15-21)25-16-27(35-32-25)24-7-6-8-28(31-24)29(4,5)34/h6-10,12-15,17,27,34H,11,16H2,1-5H3. The number of Topliss-reactive ketones (excluding diaryl/α,β-unsaturated/α-hetero) is 1. The maximum atomic E-state index is 14.8. The van der Waals surface area contributed by atoms with Gasteiger partial charge in [-0.15, -0.1) is 0 Å². The Morgan fingerprint density at radius 3 is 2.57 bits per heavy atom. The number of ketones is 1. The minimum atomic E-state index is -1.07. The number of carbonyl (C=O) groups excluding carboxylic acids is 1. The number of hydrogen-bond acceptors (Lipinski definition) is 5. The molecule has 5 nitrogen and oxygen atoms in total. The van der Waals surface area contributed by atoms with Crippen LogP contribution in [0.15, 0.2) is 59.8 Å². The summed E-state index contributed by atoms with van der Waals surface area (Å²) in [6.07, 6.45) is 0.431. The number of benzene rings is 2. The van der Waals surface area contributed by atoms with Crippen molar-refractivity contribution in [3.8, 4) is 11.1 Å². The van der Waals surface area contributed by atoms with Crippen molar-refractivity contribution >= 4 is 11.5 Å². The smallest absolute Gasteiger partial charge is 0.174 e. The van der Waals surface area contributed by atoms with E-state index in [0.29, 0.717) is 46.6 Å². The largest absolute Gasteiger partial charge is 0.385 e. The van der Waals surface area contributed by atoms with E-state index in [0.717, 1.165) is 11.1 Å². The van der Waals surface area contributed by atoms with Gasteiger partial charge < -0.3 is 9.94 Å². The lowest BCUT2D eigenvalue weighted by molar-refractivity contribution is 0.0677. The molecule has 1 atom stereocenters. The molecule has 0 saturated carbocycles. The summed E-state index contributed by atoms with van der Waals surface area (Å²) in [5.41, 5.74) is 3.94. The van der Waals surface area contributed by atoms with Crippen molar-refractivity contribution in [2.24, 2.45) is 11.1 Å². The SMILES string of the molecule is Cc1ccc(-c2cc(C(=O)CC(C)C)cc(C3=NOC(c4cccc(C(C)(C)O)n4)C3)c2)c(F)c1. The maximum absolute atomic E-state index is 14.8. The second-order valence-corrected chi connectivity index (χ2v) is 10.1. The van der Waals surface area contributed by atoms with Crippen molar-refractivity contribution in [1.82, 2.24) is 4.98 Å². The number of oxime groups is 1. The number of aliphatic hydroxyl groups is 1. The summed E-state index contributed by atoms with van der Waals surface area (Å²) in [5, 5.41) is 14.6. The van der Waals surface area contributed by atoms with Gasteiger partial charge in [0, 0.05) is 29.5 Å². The first-order valence-corrected chi connectivity index (χ1v) is 11.9. The Labute approximate surface area is 205 Å². The first kappa shape index (κ1) is 24.7. The van der Waals surface area contributed by atoms with Crippen LogP contribution in [0.2, 0.25) is 0 Å². The van der Waals surface area contributed by atoms with Gasteiger partial charge in [-0.2, -0.15) is 0 Å². The Bertz CT molecular complexity index is 1290. The predicted octanol–water partition coefficient (Wildman–Crippen LogP) is 6.52. The first-order valence-electron chi connectivity index (χ1n) is 11.9. The van der Waals surface area contributed by atoms with Crippen LogP contribution in [0, 0.1) is 18.7 Å². The van der Waals surface area contributed by atoms with Gasteiger partial charge in [-0.1, -0.05) is 37.2 Å². The van der Waals surface area contributed by atoms with E-state index in [2.05, 4.69) is 10.1 Å². The fourth-order valence-corrected chi connectivity index (χ4v) is 4.13. The molecule has 0 saturated heterocycles. The molecule has 1 aromatic heterocycles. The van der Waals surface area contributed by atoms with Gasteiger partial charge in [-0.3, -0.25) is 9.78 Å². The number of nitrogens with zero attached hydrogens (tertiary/aromatic N) is 2. The average molecular weight is 475 g/mol. The third-order valence-electron chi connectivity index (χ3n) is 6.01. The highest BCUT2D eigenvalue weighted by molar-refractivity contribution is 6.05. The van der Waals surface area contributed by atoms with Gasteiger partial charge in [0.2, 0.25) is 0 Å². The molecule has 1 aliphatic rings. The van der Waals surface area contributed by atoms with Gasteiger partial charge in [0.15, 0.2) is 11.9 Å². The monoisotopic (exact) mass is 474 g/mol. The fourth-order valence-electron chi connectivity index (χ4n) is 4.13. The molecule has 1 N–H and O–H groups in total. The van der Waals surface area contributed by atoms with Crippen molar-refractivity contribution in [2.75, 3.05) is 0 Å². The van der Waals surface area contributed by atoms with Crippen LogP contribution in [-0.2, 0) is 10.4 Å². The summed E-state index contributed by atoms with van der Waals surface area (Å²) in [6, 6.07) is 15.9. The number of aromatic nitrogens is 1. The Hall–Kier alpha value is -3.38. The van der Waals surface area contributed by atoms with E-state index in [1.807, 2.05) is 51.1 Å². The van der Waals surface area contributed by atoms with E-state index >= 15 is 0 Å². The molecule has 35 heavy (non-hydrogen) atoms. The summed E-state index contributed by atoms with van der Waals surface area (Å²) in [4.78, 5) is 23.2. The van der Waals surface area contributed by atoms with Gasteiger partial charge in [-0.25, -0.2) is 4.39 Å². The third-order valence-corrected chi connectivity index (χ3v) is 6.01. The van der Waals surface area contributed by atoms with Crippen molar-refractivity contribution < 1.29 is 19.1 Å². The van der Waals surface area contributed by atoms with Gasteiger partial charge in [0.1, 0.15) is 11.4 Å². The lowest BCUT2D eigenvalue weighted by atomic mass is 9.92. The lowest BCUT2D eigenvalue weighted by Crippen LogP contribution is -2.18. The Morgan fingerprint density at radius 2 is 1.89 bits per heavy atom. The minimum Gasteiger partial charge on any atom is -0.385 e. The van der Waals surface area contributed by atoms with Gasteiger partial charge in [-0.05, 0) is 74.2 Å². The molecule has 182 valence electrons. The number of halogens is 1. The van der Waals surface area contributed by atoms with Gasteiger partial charge in [0.25, 0.3) is 0 Å². The topological polar surface area (TPSA) is 71.8 Å². The highest BCUT2D eigenvalue weighted by Gasteiger charge is 2.28. The number of rotatable bonds is 7. The minimum absolute atomic E-state index is 0.00577. The normalized spacial score (nSPS) is 15.8. The zero-order valence-corrected chi connectivity index (χ0v) is 20.8. The Kier molecular flexibility index (Phi) is 6.86. The molecule has 6 heteroatoms. The number of hydrogen-bond donors (Lipinski definition) is 1. The van der Waals surface area contributed by atoms with E-state index in [1.165, 1.54) is 6.07 Å². The van der Waals surface area contributed by atoms with Gasteiger partial charge in [0.05, 0.1) is 17.1 Å². The van der Waals surface area contributed by atoms with Gasteiger partial charge >= 0.3 is 0 Å². The van der Waals surface area contributed by atoms with Crippen LogP contribution < -0.4 is 0 Å². The van der Waals surface area contributed by atoms with Crippen molar-refractivity contribution in [2.45, 2.75) is 59.2 Å². The molecule has 3 aromatic rings. The molecule has 0 amide bonds. The van der Waals surface area contributed by atoms with Crippen LogP contribution >= 0.6 is 0 Å². The lowest BCUT2D eigenvalue weighted by Gasteiger charge is -2.18. The van der Waals surface area contributed by atoms with Crippen molar-refractivity contribution in [1.29, 1.82) is 0 Å². The molecule has 0 bridgehead atoms. The fraction of sp³-hybridized carbons (Fsp3) is 0.345. The number of aryl methyl sites for hydroxylation is 1. The molecule has 1 unspecified atom stereocenters. The van der Waals surface area contributed by atoms with Crippen LogP contribution in [0.4, 0.5) is 4.39 Å². The van der Waals surface area contributed by atoms with E-state index < -0.39 is 11.7 Å². The highest BCUT2D eigenvalue weighted by Crippen LogP contribution is 2.33. The predicted molar refractivity (Wildman–Crippen MR) is 135 cm³/mol. The van der Waals surface area contributed by atoms with Crippen LogP contribution in [0.3, 0.4) is 0 Å². The van der Waals surface area contributed by atoms with Crippen LogP contribution in [0.5, 0.6) is 0 Å². The van der Waals surface area contributed by atoms with E-state index in [4.69, 9.17) is 4.84 Å². The quantitative estimate of drug-likeness (QED) is 0.396. The van der Waals surface area contributed by atoms with E-state index in [1.54, 1.807) is 32.0 Å². The van der Waals surface area contributed by atoms with E-state index in [9.17, 15) is 14.3 Å². The Balaban J connectivity index is 1.69. The summed E-state index contributed by atoms with van der Waals surface area (Å²) in [7, 11) is 0. The van der Waals surface area contributed by atoms with Crippen molar-refractivity contribution in [3.63, 3.8) is 0 Å². The molecule has 4 rings (SSSR count). The Morgan fingerprint density at radius 1 is 1.14 bits per heavy atom. The average Bonchev–Trinajstić information content (AvgIpc) is 3.28. The number of pyridine rings is 1. The second-order valence-electron chi connectivity index (χ2n) is 10.1. The summed E-state index contributed by atoms with van der Waals surface area (Å²) >= 11 is 0. The van der Waals surface area contributed by atoms with Crippen LogP contribution in [0.25, 0.3) is 11.1 Å². The second kappa shape index (κ2) is 9.70. The van der Waals surface area contributed by atoms with E-state index in [-0.39, 0.29) is 17.5 Å².